The van der Waals surface area contributed by atoms with Crippen molar-refractivity contribution in [1.29, 1.82) is 0 Å². The Kier molecular flexibility index (Phi) is 2.83. The predicted molar refractivity (Wildman–Crippen MR) is 44.9 cm³/mol. The van der Waals surface area contributed by atoms with Crippen molar-refractivity contribution in [2.45, 2.75) is 4.43 Å². The van der Waals surface area contributed by atoms with E-state index in [1.54, 1.807) is 0 Å². The van der Waals surface area contributed by atoms with Gasteiger partial charge in [0.05, 0.1) is 4.43 Å². The maximum absolute atomic E-state index is 10.2. The number of hydrogen-bond donors (Lipinski definition) is 0. The summed E-state index contributed by atoms with van der Waals surface area (Å²) in [6.45, 7) is 0. The van der Waals surface area contributed by atoms with Crippen molar-refractivity contribution < 1.29 is 3.07 Å². The average Bonchev–Trinajstić information content (AvgIpc) is 1.91. The molecule has 9 heavy (non-hydrogen) atoms. The van der Waals surface area contributed by atoms with Crippen LogP contribution in [0.1, 0.15) is 5.56 Å². The van der Waals surface area contributed by atoms with Gasteiger partial charge < -0.3 is 0 Å². The molecule has 0 aliphatic heterocycles. The first-order valence-corrected chi connectivity index (χ1v) is 5.09. The van der Waals surface area contributed by atoms with Crippen LogP contribution in [0.2, 0.25) is 0 Å². The van der Waals surface area contributed by atoms with Crippen molar-refractivity contribution in [3.63, 3.8) is 0 Å². The van der Waals surface area contributed by atoms with Gasteiger partial charge in [0, 0.05) is 0 Å². The molecule has 0 fully saturated rings. The van der Waals surface area contributed by atoms with Gasteiger partial charge in [0.1, 0.15) is 21.2 Å². The first-order chi connectivity index (χ1) is 4.43. The molecule has 0 atom stereocenters. The number of alkyl halides is 1. The van der Waals surface area contributed by atoms with E-state index in [1.807, 2.05) is 30.3 Å². The van der Waals surface area contributed by atoms with Crippen LogP contribution in [0.15, 0.2) is 30.3 Å². The summed E-state index contributed by atoms with van der Waals surface area (Å²) in [5.41, 5.74) is 1.18. The lowest BCUT2D eigenvalue weighted by atomic mass is 10.2. The van der Waals surface area contributed by atoms with Crippen molar-refractivity contribution in [3.05, 3.63) is 35.9 Å². The van der Waals surface area contributed by atoms with Crippen LogP contribution in [0, 0.1) is 0 Å². The van der Waals surface area contributed by atoms with E-state index in [0.717, 1.165) is 4.43 Å². The summed E-state index contributed by atoms with van der Waals surface area (Å²) in [5, 5.41) is 0. The third kappa shape index (κ3) is 2.22. The van der Waals surface area contributed by atoms with Crippen molar-refractivity contribution in [1.82, 2.24) is 0 Å². The largest absolute Gasteiger partial charge is 0.270 e. The first kappa shape index (κ1) is 6.86. The SMILES string of the molecule is O=ICc1ccccc1. The van der Waals surface area contributed by atoms with Gasteiger partial charge in [-0.05, 0) is 5.56 Å². The fourth-order valence-electron chi connectivity index (χ4n) is 0.630. The lowest BCUT2D eigenvalue weighted by Gasteiger charge is -1.88. The summed E-state index contributed by atoms with van der Waals surface area (Å²) >= 11 is -0.821. The molecular formula is C7H7IO. The van der Waals surface area contributed by atoms with Gasteiger partial charge in [0.15, 0.2) is 0 Å². The van der Waals surface area contributed by atoms with Crippen LogP contribution in [-0.2, 0) is 7.50 Å². The molecule has 0 unspecified atom stereocenters. The standard InChI is InChI=1S/C7H7IO/c9-8-6-7-4-2-1-3-5-7/h1-5H,6H2. The Labute approximate surface area is 64.7 Å². The predicted octanol–water partition coefficient (Wildman–Crippen LogP) is 2.50. The van der Waals surface area contributed by atoms with Gasteiger partial charge in [0.2, 0.25) is 0 Å². The van der Waals surface area contributed by atoms with Gasteiger partial charge in [-0.2, -0.15) is 0 Å². The molecule has 0 N–H and O–H groups in total. The minimum atomic E-state index is -0.821. The van der Waals surface area contributed by atoms with E-state index >= 15 is 0 Å². The maximum atomic E-state index is 10.2. The van der Waals surface area contributed by atoms with Gasteiger partial charge in [-0.25, -0.2) is 0 Å². The Hall–Kier alpha value is -0.250. The Morgan fingerprint density at radius 1 is 1.22 bits per heavy atom. The molecule has 1 rings (SSSR count). The smallest absolute Gasteiger partial charge is 0.149 e. The summed E-state index contributed by atoms with van der Waals surface area (Å²) in [5.74, 6) is 0. The normalized spacial score (nSPS) is 9.33. The van der Waals surface area contributed by atoms with E-state index in [1.165, 1.54) is 5.56 Å². The summed E-state index contributed by atoms with van der Waals surface area (Å²) in [6, 6.07) is 9.89. The zero-order valence-electron chi connectivity index (χ0n) is 4.88. The minimum absolute atomic E-state index is 0.764. The fourth-order valence-corrected chi connectivity index (χ4v) is 1.50. The summed E-state index contributed by atoms with van der Waals surface area (Å²) in [7, 11) is 0. The fraction of sp³-hybridized carbons (Fsp3) is 0.143. The highest BCUT2D eigenvalue weighted by molar-refractivity contribution is 14.1. The van der Waals surface area contributed by atoms with E-state index in [9.17, 15) is 3.07 Å². The molecule has 1 aromatic rings. The molecule has 48 valence electrons. The number of benzene rings is 1. The number of rotatable bonds is 2. The summed E-state index contributed by atoms with van der Waals surface area (Å²) < 4.78 is 11.0. The molecule has 0 amide bonds. The van der Waals surface area contributed by atoms with Crippen LogP contribution in [-0.4, -0.2) is 0 Å². The van der Waals surface area contributed by atoms with Gasteiger partial charge in [-0.1, -0.05) is 30.3 Å². The molecule has 1 aromatic carbocycles. The Morgan fingerprint density at radius 3 is 2.44 bits per heavy atom. The van der Waals surface area contributed by atoms with Crippen molar-refractivity contribution in [3.8, 4) is 0 Å². The summed E-state index contributed by atoms with van der Waals surface area (Å²) in [4.78, 5) is 0. The summed E-state index contributed by atoms with van der Waals surface area (Å²) in [6.07, 6.45) is 0. The van der Waals surface area contributed by atoms with E-state index < -0.39 is 21.2 Å². The van der Waals surface area contributed by atoms with Crippen LogP contribution in [0.3, 0.4) is 0 Å². The highest BCUT2D eigenvalue weighted by atomic mass is 127. The molecule has 0 spiro atoms. The molecule has 0 aromatic heterocycles. The average molecular weight is 234 g/mol. The number of halogens is 1. The Balaban J connectivity index is 2.72. The molecule has 2 heteroatoms. The zero-order valence-corrected chi connectivity index (χ0v) is 7.04. The van der Waals surface area contributed by atoms with Gasteiger partial charge >= 0.3 is 0 Å². The van der Waals surface area contributed by atoms with Gasteiger partial charge in [0.25, 0.3) is 0 Å². The zero-order chi connectivity index (χ0) is 6.53. The molecule has 0 saturated heterocycles. The van der Waals surface area contributed by atoms with Crippen LogP contribution < -0.4 is 0 Å². The van der Waals surface area contributed by atoms with E-state index in [0.29, 0.717) is 0 Å². The lowest BCUT2D eigenvalue weighted by Crippen LogP contribution is -1.71. The quantitative estimate of drug-likeness (QED) is 0.567. The van der Waals surface area contributed by atoms with E-state index in [-0.39, 0.29) is 0 Å². The second-order valence-corrected chi connectivity index (χ2v) is 3.11. The van der Waals surface area contributed by atoms with Crippen molar-refractivity contribution in [2.24, 2.45) is 0 Å². The molecule has 0 heterocycles. The van der Waals surface area contributed by atoms with Crippen LogP contribution in [0.25, 0.3) is 0 Å². The molecule has 1 nitrogen and oxygen atoms in total. The molecule has 0 bridgehead atoms. The Morgan fingerprint density at radius 2 is 1.89 bits per heavy atom. The maximum Gasteiger partial charge on any atom is 0.149 e. The molecule has 0 saturated carbocycles. The second kappa shape index (κ2) is 3.71. The molecule has 0 radical (unpaired) electrons. The highest BCUT2D eigenvalue weighted by Gasteiger charge is 1.85. The van der Waals surface area contributed by atoms with Crippen LogP contribution in [0.5, 0.6) is 0 Å². The second-order valence-electron chi connectivity index (χ2n) is 1.73. The van der Waals surface area contributed by atoms with Crippen LogP contribution >= 0.6 is 21.2 Å². The van der Waals surface area contributed by atoms with Crippen molar-refractivity contribution >= 4 is 21.2 Å². The minimum Gasteiger partial charge on any atom is -0.270 e. The molecule has 0 aliphatic carbocycles. The first-order valence-electron chi connectivity index (χ1n) is 2.69. The topological polar surface area (TPSA) is 17.1 Å². The van der Waals surface area contributed by atoms with Crippen molar-refractivity contribution in [2.75, 3.05) is 0 Å². The van der Waals surface area contributed by atoms with E-state index in [2.05, 4.69) is 0 Å². The monoisotopic (exact) mass is 234 g/mol. The number of hydrogen-bond acceptors (Lipinski definition) is 1. The highest BCUT2D eigenvalue weighted by Crippen LogP contribution is 2.07. The third-order valence-electron chi connectivity index (χ3n) is 1.05. The van der Waals surface area contributed by atoms with Gasteiger partial charge in [-0.3, -0.25) is 3.07 Å². The third-order valence-corrected chi connectivity index (χ3v) is 2.24. The van der Waals surface area contributed by atoms with Gasteiger partial charge in [-0.15, -0.1) is 0 Å². The van der Waals surface area contributed by atoms with E-state index in [4.69, 9.17) is 0 Å². The van der Waals surface area contributed by atoms with Crippen LogP contribution in [0.4, 0.5) is 0 Å². The lowest BCUT2D eigenvalue weighted by molar-refractivity contribution is 0.647. The molecule has 0 aliphatic rings. The molecular weight excluding hydrogens is 227 g/mol. The Bertz CT molecular complexity index is 183.